The van der Waals surface area contributed by atoms with Gasteiger partial charge in [0.25, 0.3) is 0 Å². The highest BCUT2D eigenvalue weighted by atomic mass is 19.4. The van der Waals surface area contributed by atoms with Crippen LogP contribution in [-0.2, 0) is 14.3 Å². The lowest BCUT2D eigenvalue weighted by molar-refractivity contribution is -0.192. The third-order valence-corrected chi connectivity index (χ3v) is 4.31. The average Bonchev–Trinajstić information content (AvgIpc) is 2.64. The number of amides is 1. The van der Waals surface area contributed by atoms with E-state index >= 15 is 0 Å². The molecule has 1 N–H and O–H groups in total. The molecule has 1 aromatic rings. The highest BCUT2D eigenvalue weighted by Crippen LogP contribution is 2.29. The highest BCUT2D eigenvalue weighted by Gasteiger charge is 2.45. The molecule has 1 saturated heterocycles. The topological polar surface area (TPSA) is 71.4 Å². The van der Waals surface area contributed by atoms with Gasteiger partial charge in [-0.3, -0.25) is 4.79 Å². The van der Waals surface area contributed by atoms with Crippen LogP contribution in [0.3, 0.4) is 0 Å². The maximum Gasteiger partial charge on any atom is 0.471 e. The fourth-order valence-corrected chi connectivity index (χ4v) is 2.88. The van der Waals surface area contributed by atoms with Gasteiger partial charge in [-0.2, -0.15) is 13.2 Å². The molecule has 0 unspecified atom stereocenters. The van der Waals surface area contributed by atoms with Gasteiger partial charge in [-0.25, -0.2) is 0 Å². The maximum absolute atomic E-state index is 13.1. The van der Waals surface area contributed by atoms with E-state index < -0.39 is 30.5 Å². The second-order valence-electron chi connectivity index (χ2n) is 6.00. The molecule has 6 nitrogen and oxygen atoms in total. The van der Waals surface area contributed by atoms with E-state index in [1.165, 1.54) is 14.0 Å². The predicted molar refractivity (Wildman–Crippen MR) is 86.8 cm³/mol. The summed E-state index contributed by atoms with van der Waals surface area (Å²) in [6.45, 7) is 1.28. The van der Waals surface area contributed by atoms with Crippen molar-refractivity contribution in [3.8, 4) is 0 Å². The van der Waals surface area contributed by atoms with Crippen molar-refractivity contribution in [2.45, 2.75) is 44.4 Å². The van der Waals surface area contributed by atoms with Crippen molar-refractivity contribution in [3.05, 3.63) is 35.9 Å². The Labute approximate surface area is 149 Å². The number of nitrogens with zero attached hydrogens (tertiary/aromatic N) is 2. The lowest BCUT2D eigenvalue weighted by Gasteiger charge is -2.36. The molecule has 1 aliphatic heterocycles. The van der Waals surface area contributed by atoms with Gasteiger partial charge in [0.1, 0.15) is 5.71 Å². The monoisotopic (exact) mass is 374 g/mol. The smallest absolute Gasteiger partial charge is 0.411 e. The largest absolute Gasteiger partial charge is 0.471 e. The molecule has 1 fully saturated rings. The Morgan fingerprint density at radius 2 is 2.08 bits per heavy atom. The first kappa shape index (κ1) is 20.2. The molecule has 0 saturated carbocycles. The second kappa shape index (κ2) is 8.50. The van der Waals surface area contributed by atoms with E-state index in [4.69, 9.17) is 14.7 Å². The average molecular weight is 374 g/mol. The second-order valence-corrected chi connectivity index (χ2v) is 6.00. The van der Waals surface area contributed by atoms with E-state index in [1.54, 1.807) is 30.3 Å². The van der Waals surface area contributed by atoms with Crippen LogP contribution < -0.4 is 0 Å². The molecular formula is C17H21F3N2O4. The number of alkyl halides is 3. The predicted octanol–water partition coefficient (Wildman–Crippen LogP) is 3.12. The molecular weight excluding hydrogens is 353 g/mol. The molecule has 144 valence electrons. The SMILES string of the molecule is CO[C@@H]1O[C@H](CN(C(=O)C(F)(F)F)[C@@H](C)c2ccccc2)CC/C1=N/O. The van der Waals surface area contributed by atoms with Crippen molar-refractivity contribution in [3.63, 3.8) is 0 Å². The van der Waals surface area contributed by atoms with E-state index in [2.05, 4.69) is 5.16 Å². The summed E-state index contributed by atoms with van der Waals surface area (Å²) in [5.74, 6) is -1.92. The number of rotatable bonds is 5. The third kappa shape index (κ3) is 4.73. The summed E-state index contributed by atoms with van der Waals surface area (Å²) in [4.78, 5) is 12.7. The molecule has 0 radical (unpaired) electrons. The number of oxime groups is 1. The minimum Gasteiger partial charge on any atom is -0.411 e. The van der Waals surface area contributed by atoms with Crippen molar-refractivity contribution in [2.75, 3.05) is 13.7 Å². The Bertz CT molecular complexity index is 637. The van der Waals surface area contributed by atoms with Gasteiger partial charge in [0.15, 0.2) is 6.29 Å². The van der Waals surface area contributed by atoms with Crippen LogP contribution in [0.1, 0.15) is 31.4 Å². The van der Waals surface area contributed by atoms with Crippen LogP contribution in [0.4, 0.5) is 13.2 Å². The zero-order chi connectivity index (χ0) is 19.3. The molecule has 3 atom stereocenters. The molecule has 0 bridgehead atoms. The highest BCUT2D eigenvalue weighted by molar-refractivity contribution is 5.87. The van der Waals surface area contributed by atoms with Crippen molar-refractivity contribution in [1.82, 2.24) is 4.90 Å². The van der Waals surface area contributed by atoms with Gasteiger partial charge in [-0.1, -0.05) is 35.5 Å². The first-order valence-electron chi connectivity index (χ1n) is 8.09. The van der Waals surface area contributed by atoms with Crippen LogP contribution in [0.25, 0.3) is 0 Å². The third-order valence-electron chi connectivity index (χ3n) is 4.31. The Morgan fingerprint density at radius 3 is 2.62 bits per heavy atom. The number of benzene rings is 1. The fourth-order valence-electron chi connectivity index (χ4n) is 2.88. The summed E-state index contributed by atoms with van der Waals surface area (Å²) in [5, 5.41) is 12.0. The summed E-state index contributed by atoms with van der Waals surface area (Å²) in [5.41, 5.74) is 0.843. The minimum atomic E-state index is -4.99. The first-order chi connectivity index (χ1) is 12.3. The molecule has 2 rings (SSSR count). The first-order valence-corrected chi connectivity index (χ1v) is 8.09. The van der Waals surface area contributed by atoms with Gasteiger partial charge in [0.2, 0.25) is 0 Å². The number of hydrogen-bond donors (Lipinski definition) is 1. The zero-order valence-electron chi connectivity index (χ0n) is 14.4. The summed E-state index contributed by atoms with van der Waals surface area (Å²) in [6, 6.07) is 7.68. The van der Waals surface area contributed by atoms with Gasteiger partial charge in [-0.15, -0.1) is 0 Å². The van der Waals surface area contributed by atoms with Gasteiger partial charge in [0.05, 0.1) is 12.1 Å². The van der Waals surface area contributed by atoms with Gasteiger partial charge < -0.3 is 19.6 Å². The zero-order valence-corrected chi connectivity index (χ0v) is 14.4. The summed E-state index contributed by atoms with van der Waals surface area (Å²) in [7, 11) is 1.34. The van der Waals surface area contributed by atoms with Crippen LogP contribution in [0, 0.1) is 0 Å². The molecule has 1 aromatic carbocycles. The Balaban J connectivity index is 2.21. The summed E-state index contributed by atoms with van der Waals surface area (Å²) in [6.07, 6.45) is -6.01. The number of carbonyl (C=O) groups excluding carboxylic acids is 1. The van der Waals surface area contributed by atoms with Crippen LogP contribution in [0.2, 0.25) is 0 Å². The molecule has 1 aliphatic rings. The van der Waals surface area contributed by atoms with Gasteiger partial charge in [-0.05, 0) is 25.3 Å². The van der Waals surface area contributed by atoms with Crippen molar-refractivity contribution in [2.24, 2.45) is 5.16 Å². The molecule has 9 heteroatoms. The minimum absolute atomic E-state index is 0.257. The van der Waals surface area contributed by atoms with E-state index in [1.807, 2.05) is 0 Å². The molecule has 0 aromatic heterocycles. The molecule has 0 aliphatic carbocycles. The number of halogens is 3. The van der Waals surface area contributed by atoms with Crippen molar-refractivity contribution >= 4 is 11.6 Å². The normalized spacial score (nSPS) is 23.7. The standard InChI is InChI=1S/C17H21F3N2O4/c1-11(12-6-4-3-5-7-12)22(16(23)17(18,19)20)10-13-8-9-14(21-24)15(25-2)26-13/h3-7,11,13,15,24H,8-10H2,1-2H3/b21-14-/t11-,13-,15+/m0/s1. The van der Waals surface area contributed by atoms with Gasteiger partial charge >= 0.3 is 12.1 Å². The molecule has 1 amide bonds. The fraction of sp³-hybridized carbons (Fsp3) is 0.529. The molecule has 1 heterocycles. The van der Waals surface area contributed by atoms with Crippen molar-refractivity contribution < 1.29 is 32.6 Å². The Kier molecular flexibility index (Phi) is 6.60. The Morgan fingerprint density at radius 1 is 1.42 bits per heavy atom. The molecule has 0 spiro atoms. The summed E-state index contributed by atoms with van der Waals surface area (Å²) < 4.78 is 49.8. The van der Waals surface area contributed by atoms with Crippen LogP contribution >= 0.6 is 0 Å². The van der Waals surface area contributed by atoms with Crippen LogP contribution in [0.5, 0.6) is 0 Å². The van der Waals surface area contributed by atoms with Crippen LogP contribution in [0.15, 0.2) is 35.5 Å². The van der Waals surface area contributed by atoms with E-state index in [9.17, 15) is 18.0 Å². The maximum atomic E-state index is 13.1. The molecule has 26 heavy (non-hydrogen) atoms. The lowest BCUT2D eigenvalue weighted by atomic mass is 10.0. The lowest BCUT2D eigenvalue weighted by Crippen LogP contribution is -2.49. The van der Waals surface area contributed by atoms with E-state index in [-0.39, 0.29) is 12.3 Å². The quantitative estimate of drug-likeness (QED) is 0.635. The van der Waals surface area contributed by atoms with E-state index in [0.717, 1.165) is 4.90 Å². The van der Waals surface area contributed by atoms with Crippen LogP contribution in [-0.4, -0.2) is 54.0 Å². The van der Waals surface area contributed by atoms with Crippen molar-refractivity contribution in [1.29, 1.82) is 0 Å². The number of methoxy groups -OCH3 is 1. The van der Waals surface area contributed by atoms with E-state index in [0.29, 0.717) is 18.4 Å². The Hall–Kier alpha value is -2.13. The van der Waals surface area contributed by atoms with Gasteiger partial charge in [0, 0.05) is 13.7 Å². The summed E-state index contributed by atoms with van der Waals surface area (Å²) >= 11 is 0. The number of hydrogen-bond acceptors (Lipinski definition) is 5. The number of carbonyl (C=O) groups is 1. The number of ether oxygens (including phenoxy) is 2.